The number of hydrogen-bond donors (Lipinski definition) is 2. The van der Waals surface area contributed by atoms with Gasteiger partial charge in [0.1, 0.15) is 6.54 Å². The molecule has 0 spiro atoms. The normalized spacial score (nSPS) is 16.3. The largest absolute Gasteiger partial charge is 0.351 e. The van der Waals surface area contributed by atoms with Gasteiger partial charge in [0, 0.05) is 6.54 Å². The third kappa shape index (κ3) is 5.33. The van der Waals surface area contributed by atoms with Gasteiger partial charge in [-0.25, -0.2) is 0 Å². The zero-order valence-corrected chi connectivity index (χ0v) is 15.2. The van der Waals surface area contributed by atoms with E-state index in [0.29, 0.717) is 11.4 Å². The maximum Gasteiger partial charge on any atom is 0.261 e. The highest BCUT2D eigenvalue weighted by atomic mass is 79.9. The molecule has 1 fully saturated rings. The molecule has 0 bridgehead atoms. The number of halogens is 1. The fourth-order valence-corrected chi connectivity index (χ4v) is 4.30. The molecule has 7 heteroatoms. The van der Waals surface area contributed by atoms with Crippen molar-refractivity contribution in [3.8, 4) is 6.07 Å². The first-order valence-electron chi connectivity index (χ1n) is 7.80. The summed E-state index contributed by atoms with van der Waals surface area (Å²) < 4.78 is 0.901. The highest BCUT2D eigenvalue weighted by Crippen LogP contribution is 2.30. The van der Waals surface area contributed by atoms with E-state index in [9.17, 15) is 9.59 Å². The first-order chi connectivity index (χ1) is 11.1. The van der Waals surface area contributed by atoms with Gasteiger partial charge < -0.3 is 10.6 Å². The first kappa shape index (κ1) is 18.0. The Bertz CT molecular complexity index is 590. The summed E-state index contributed by atoms with van der Waals surface area (Å²) in [6.07, 6.45) is 5.46. The molecule has 23 heavy (non-hydrogen) atoms. The van der Waals surface area contributed by atoms with Crippen molar-refractivity contribution < 1.29 is 9.59 Å². The SMILES string of the molecule is N#CCNC(=O)C(CNC(=O)c1ccc(Br)s1)C1CCCCC1. The second-order valence-corrected chi connectivity index (χ2v) is 8.16. The van der Waals surface area contributed by atoms with E-state index < -0.39 is 0 Å². The lowest BCUT2D eigenvalue weighted by Gasteiger charge is -2.29. The Kier molecular flexibility index (Phi) is 7.06. The lowest BCUT2D eigenvalue weighted by atomic mass is 9.79. The number of carbonyl (C=O) groups is 2. The van der Waals surface area contributed by atoms with Gasteiger partial charge in [-0.05, 0) is 46.8 Å². The molecule has 1 heterocycles. The monoisotopic (exact) mass is 397 g/mol. The van der Waals surface area contributed by atoms with Gasteiger partial charge in [-0.2, -0.15) is 5.26 Å². The van der Waals surface area contributed by atoms with Crippen LogP contribution in [0.3, 0.4) is 0 Å². The van der Waals surface area contributed by atoms with Crippen LogP contribution in [0.1, 0.15) is 41.8 Å². The number of rotatable bonds is 6. The molecule has 124 valence electrons. The van der Waals surface area contributed by atoms with Crippen LogP contribution in [-0.4, -0.2) is 24.9 Å². The Labute approximate surface area is 148 Å². The maximum absolute atomic E-state index is 12.3. The van der Waals surface area contributed by atoms with E-state index >= 15 is 0 Å². The van der Waals surface area contributed by atoms with Crippen LogP contribution in [0.2, 0.25) is 0 Å². The standard InChI is InChI=1S/C16H20BrN3O2S/c17-14-7-6-13(23-14)16(22)20-10-12(15(21)19-9-8-18)11-4-2-1-3-5-11/h6-7,11-12H,1-5,9-10H2,(H,19,21)(H,20,22). The molecule has 1 aromatic heterocycles. The molecule has 2 N–H and O–H groups in total. The van der Waals surface area contributed by atoms with Crippen molar-refractivity contribution in [3.05, 3.63) is 20.8 Å². The minimum absolute atomic E-state index is 0.00781. The molecule has 0 saturated heterocycles. The van der Waals surface area contributed by atoms with Crippen molar-refractivity contribution in [1.29, 1.82) is 5.26 Å². The van der Waals surface area contributed by atoms with Crippen molar-refractivity contribution in [2.24, 2.45) is 11.8 Å². The Morgan fingerprint density at radius 1 is 1.30 bits per heavy atom. The molecule has 0 aromatic carbocycles. The topological polar surface area (TPSA) is 82.0 Å². The van der Waals surface area contributed by atoms with Crippen LogP contribution in [0, 0.1) is 23.2 Å². The number of carbonyl (C=O) groups excluding carboxylic acids is 2. The van der Waals surface area contributed by atoms with Crippen LogP contribution in [0.15, 0.2) is 15.9 Å². The average molecular weight is 398 g/mol. The van der Waals surface area contributed by atoms with E-state index in [2.05, 4.69) is 26.6 Å². The number of thiophene rings is 1. The van der Waals surface area contributed by atoms with Crippen LogP contribution in [-0.2, 0) is 4.79 Å². The second kappa shape index (κ2) is 9.04. The molecular weight excluding hydrogens is 378 g/mol. The summed E-state index contributed by atoms with van der Waals surface area (Å²) >= 11 is 4.70. The Balaban J connectivity index is 1.97. The minimum atomic E-state index is -0.268. The summed E-state index contributed by atoms with van der Waals surface area (Å²) in [6.45, 7) is 0.324. The Morgan fingerprint density at radius 3 is 2.65 bits per heavy atom. The summed E-state index contributed by atoms with van der Waals surface area (Å²) in [5, 5.41) is 14.2. The molecule has 1 saturated carbocycles. The van der Waals surface area contributed by atoms with Crippen molar-refractivity contribution >= 4 is 39.1 Å². The van der Waals surface area contributed by atoms with Gasteiger partial charge >= 0.3 is 0 Å². The molecule has 1 aliphatic rings. The summed E-state index contributed by atoms with van der Waals surface area (Å²) in [7, 11) is 0. The number of hydrogen-bond acceptors (Lipinski definition) is 4. The zero-order chi connectivity index (χ0) is 16.7. The van der Waals surface area contributed by atoms with Gasteiger partial charge in [0.2, 0.25) is 5.91 Å². The number of amides is 2. The maximum atomic E-state index is 12.3. The minimum Gasteiger partial charge on any atom is -0.351 e. The van der Waals surface area contributed by atoms with Gasteiger partial charge in [0.05, 0.1) is 20.7 Å². The van der Waals surface area contributed by atoms with Gasteiger partial charge in [0.15, 0.2) is 0 Å². The smallest absolute Gasteiger partial charge is 0.261 e. The Hall–Kier alpha value is -1.39. The number of nitriles is 1. The third-order valence-electron chi connectivity index (χ3n) is 4.18. The van der Waals surface area contributed by atoms with E-state index in [1.807, 2.05) is 12.1 Å². The van der Waals surface area contributed by atoms with Gasteiger partial charge in [-0.3, -0.25) is 9.59 Å². The van der Waals surface area contributed by atoms with Gasteiger partial charge in [0.25, 0.3) is 5.91 Å². The van der Waals surface area contributed by atoms with E-state index in [-0.39, 0.29) is 30.2 Å². The summed E-state index contributed by atoms with van der Waals surface area (Å²) in [6, 6.07) is 5.52. The van der Waals surface area contributed by atoms with Crippen LogP contribution in [0.5, 0.6) is 0 Å². The third-order valence-corrected chi connectivity index (χ3v) is 5.80. The molecule has 1 aliphatic carbocycles. The highest BCUT2D eigenvalue weighted by Gasteiger charge is 2.29. The molecule has 0 aliphatic heterocycles. The van der Waals surface area contributed by atoms with Crippen molar-refractivity contribution in [3.63, 3.8) is 0 Å². The zero-order valence-electron chi connectivity index (χ0n) is 12.8. The van der Waals surface area contributed by atoms with Crippen molar-refractivity contribution in [2.75, 3.05) is 13.1 Å². The molecular formula is C16H20BrN3O2S. The summed E-state index contributed by atoms with van der Waals surface area (Å²) in [5.41, 5.74) is 0. The fourth-order valence-electron chi connectivity index (χ4n) is 2.99. The summed E-state index contributed by atoms with van der Waals surface area (Å²) in [4.78, 5) is 25.1. The van der Waals surface area contributed by atoms with Crippen molar-refractivity contribution in [2.45, 2.75) is 32.1 Å². The molecule has 1 aromatic rings. The highest BCUT2D eigenvalue weighted by molar-refractivity contribution is 9.11. The van der Waals surface area contributed by atoms with E-state index in [1.165, 1.54) is 17.8 Å². The van der Waals surface area contributed by atoms with E-state index in [0.717, 1.165) is 29.5 Å². The molecule has 1 unspecified atom stereocenters. The number of nitrogens with zero attached hydrogens (tertiary/aromatic N) is 1. The van der Waals surface area contributed by atoms with Gasteiger partial charge in [-0.1, -0.05) is 19.3 Å². The molecule has 5 nitrogen and oxygen atoms in total. The molecule has 2 amide bonds. The van der Waals surface area contributed by atoms with Crippen LogP contribution in [0.25, 0.3) is 0 Å². The van der Waals surface area contributed by atoms with Crippen molar-refractivity contribution in [1.82, 2.24) is 10.6 Å². The predicted octanol–water partition coefficient (Wildman–Crippen LogP) is 3.08. The second-order valence-electron chi connectivity index (χ2n) is 5.69. The van der Waals surface area contributed by atoms with E-state index in [4.69, 9.17) is 5.26 Å². The lowest BCUT2D eigenvalue weighted by molar-refractivity contribution is -0.126. The Morgan fingerprint density at radius 2 is 2.04 bits per heavy atom. The van der Waals surface area contributed by atoms with E-state index in [1.54, 1.807) is 6.07 Å². The molecule has 1 atom stereocenters. The molecule has 2 rings (SSSR count). The van der Waals surface area contributed by atoms with Crippen LogP contribution in [0.4, 0.5) is 0 Å². The first-order valence-corrected chi connectivity index (χ1v) is 9.41. The predicted molar refractivity (Wildman–Crippen MR) is 93.0 cm³/mol. The average Bonchev–Trinajstić information content (AvgIpc) is 3.00. The quantitative estimate of drug-likeness (QED) is 0.723. The fraction of sp³-hybridized carbons (Fsp3) is 0.562. The number of nitrogens with one attached hydrogen (secondary N) is 2. The summed E-state index contributed by atoms with van der Waals surface area (Å²) in [5.74, 6) is -0.283. The van der Waals surface area contributed by atoms with Gasteiger partial charge in [-0.15, -0.1) is 11.3 Å². The molecule has 0 radical (unpaired) electrons. The lowest BCUT2D eigenvalue weighted by Crippen LogP contribution is -2.43. The van der Waals surface area contributed by atoms with Crippen LogP contribution < -0.4 is 10.6 Å². The van der Waals surface area contributed by atoms with Crippen LogP contribution >= 0.6 is 27.3 Å².